The summed E-state index contributed by atoms with van der Waals surface area (Å²) in [5.74, 6) is -0.0349. The topological polar surface area (TPSA) is 45.6 Å². The third-order valence-corrected chi connectivity index (χ3v) is 6.27. The van der Waals surface area contributed by atoms with Gasteiger partial charge in [-0.2, -0.15) is 0 Å². The van der Waals surface area contributed by atoms with E-state index in [1.807, 2.05) is 18.9 Å². The lowest BCUT2D eigenvalue weighted by Crippen LogP contribution is -2.58. The molecule has 0 atom stereocenters. The number of hydrogen-bond donors (Lipinski definition) is 0. The van der Waals surface area contributed by atoms with Crippen molar-refractivity contribution in [3.8, 4) is 0 Å². The molecule has 26 heavy (non-hydrogen) atoms. The highest BCUT2D eigenvalue weighted by atomic mass is 16.2. The molecule has 5 nitrogen and oxygen atoms in total. The van der Waals surface area contributed by atoms with E-state index < -0.39 is 0 Å². The van der Waals surface area contributed by atoms with Gasteiger partial charge in [-0.25, -0.2) is 0 Å². The van der Waals surface area contributed by atoms with Crippen LogP contribution in [-0.4, -0.2) is 52.5 Å². The minimum absolute atomic E-state index is 0.0349. The Labute approximate surface area is 157 Å². The highest BCUT2D eigenvalue weighted by Crippen LogP contribution is 2.36. The Balaban J connectivity index is 1.76. The second-order valence-corrected chi connectivity index (χ2v) is 8.03. The largest absolute Gasteiger partial charge is 0.340 e. The van der Waals surface area contributed by atoms with Crippen molar-refractivity contribution in [1.82, 2.24) is 14.4 Å². The SMILES string of the molecule is CCn1ccc(C(=O)N(C)CC2(N3CCCCC3)CCCCC2)cc1=O. The van der Waals surface area contributed by atoms with Gasteiger partial charge in [0.25, 0.3) is 11.5 Å². The van der Waals surface area contributed by atoms with Crippen molar-refractivity contribution in [3.05, 3.63) is 34.2 Å². The molecule has 1 saturated carbocycles. The number of hydrogen-bond acceptors (Lipinski definition) is 3. The average molecular weight is 360 g/mol. The summed E-state index contributed by atoms with van der Waals surface area (Å²) in [6.07, 6.45) is 11.8. The van der Waals surface area contributed by atoms with E-state index >= 15 is 0 Å². The summed E-state index contributed by atoms with van der Waals surface area (Å²) in [6, 6.07) is 3.26. The van der Waals surface area contributed by atoms with Gasteiger partial charge in [0.2, 0.25) is 0 Å². The molecule has 1 aliphatic heterocycles. The molecule has 144 valence electrons. The van der Waals surface area contributed by atoms with E-state index in [0.717, 1.165) is 19.6 Å². The number of nitrogens with zero attached hydrogens (tertiary/aromatic N) is 3. The Bertz CT molecular complexity index is 670. The summed E-state index contributed by atoms with van der Waals surface area (Å²) in [6.45, 7) is 5.65. The van der Waals surface area contributed by atoms with Gasteiger partial charge in [0.05, 0.1) is 0 Å². The lowest BCUT2D eigenvalue weighted by molar-refractivity contribution is 0.00989. The monoisotopic (exact) mass is 359 g/mol. The molecule has 1 amide bonds. The lowest BCUT2D eigenvalue weighted by Gasteiger charge is -2.49. The molecule has 1 saturated heterocycles. The third-order valence-electron chi connectivity index (χ3n) is 6.27. The van der Waals surface area contributed by atoms with Crippen LogP contribution in [0, 0.1) is 0 Å². The van der Waals surface area contributed by atoms with Gasteiger partial charge in [0.15, 0.2) is 0 Å². The molecular weight excluding hydrogens is 326 g/mol. The molecule has 0 radical (unpaired) electrons. The summed E-state index contributed by atoms with van der Waals surface area (Å²) in [7, 11) is 1.90. The molecule has 0 aromatic carbocycles. The molecule has 1 aliphatic carbocycles. The fourth-order valence-corrected chi connectivity index (χ4v) is 4.79. The second-order valence-electron chi connectivity index (χ2n) is 8.03. The molecule has 0 bridgehead atoms. The van der Waals surface area contributed by atoms with Crippen molar-refractivity contribution in [1.29, 1.82) is 0 Å². The first-order valence-corrected chi connectivity index (χ1v) is 10.3. The molecule has 1 aromatic rings. The predicted octanol–water partition coefficient (Wildman–Crippen LogP) is 3.13. The summed E-state index contributed by atoms with van der Waals surface area (Å²) in [5.41, 5.74) is 0.531. The molecule has 1 aromatic heterocycles. The number of amides is 1. The van der Waals surface area contributed by atoms with Gasteiger partial charge in [-0.1, -0.05) is 25.7 Å². The molecule has 0 spiro atoms. The summed E-state index contributed by atoms with van der Waals surface area (Å²) >= 11 is 0. The Morgan fingerprint density at radius 3 is 2.38 bits per heavy atom. The molecule has 0 N–H and O–H groups in total. The van der Waals surface area contributed by atoms with Gasteiger partial charge in [0.1, 0.15) is 0 Å². The average Bonchev–Trinajstić information content (AvgIpc) is 2.68. The van der Waals surface area contributed by atoms with Gasteiger partial charge >= 0.3 is 0 Å². The smallest absolute Gasteiger partial charge is 0.253 e. The molecule has 2 heterocycles. The number of rotatable bonds is 5. The van der Waals surface area contributed by atoms with Crippen LogP contribution >= 0.6 is 0 Å². The van der Waals surface area contributed by atoms with Gasteiger partial charge in [0, 0.05) is 43.5 Å². The van der Waals surface area contributed by atoms with Crippen molar-refractivity contribution in [2.24, 2.45) is 0 Å². The zero-order valence-electron chi connectivity index (χ0n) is 16.4. The Morgan fingerprint density at radius 1 is 1.12 bits per heavy atom. The van der Waals surface area contributed by atoms with Crippen LogP contribution in [0.4, 0.5) is 0 Å². The number of carbonyl (C=O) groups is 1. The van der Waals surface area contributed by atoms with Crippen molar-refractivity contribution in [2.75, 3.05) is 26.7 Å². The zero-order chi connectivity index (χ0) is 18.6. The maximum Gasteiger partial charge on any atom is 0.253 e. The number of carbonyl (C=O) groups excluding carboxylic acids is 1. The molecule has 5 heteroatoms. The van der Waals surface area contributed by atoms with Gasteiger partial charge < -0.3 is 9.47 Å². The van der Waals surface area contributed by atoms with E-state index in [9.17, 15) is 9.59 Å². The maximum absolute atomic E-state index is 13.0. The van der Waals surface area contributed by atoms with E-state index in [-0.39, 0.29) is 17.0 Å². The Hall–Kier alpha value is -1.62. The molecular formula is C21H33N3O2. The van der Waals surface area contributed by atoms with Crippen LogP contribution in [0.2, 0.25) is 0 Å². The van der Waals surface area contributed by atoms with Crippen LogP contribution in [0.3, 0.4) is 0 Å². The number of likely N-dealkylation sites (N-methyl/N-ethyl adjacent to an activating group) is 1. The highest BCUT2D eigenvalue weighted by Gasteiger charge is 2.40. The maximum atomic E-state index is 13.0. The van der Waals surface area contributed by atoms with Crippen molar-refractivity contribution < 1.29 is 4.79 Å². The quantitative estimate of drug-likeness (QED) is 0.811. The summed E-state index contributed by atoms with van der Waals surface area (Å²) in [5, 5.41) is 0. The van der Waals surface area contributed by atoms with Crippen molar-refractivity contribution in [3.63, 3.8) is 0 Å². The van der Waals surface area contributed by atoms with Crippen molar-refractivity contribution >= 4 is 5.91 Å². The summed E-state index contributed by atoms with van der Waals surface area (Å²) in [4.78, 5) is 29.6. The van der Waals surface area contributed by atoms with Crippen LogP contribution in [0.25, 0.3) is 0 Å². The first-order chi connectivity index (χ1) is 12.6. The van der Waals surface area contributed by atoms with Crippen molar-refractivity contribution in [2.45, 2.75) is 70.4 Å². The molecule has 0 unspecified atom stereocenters. The fourth-order valence-electron chi connectivity index (χ4n) is 4.79. The molecule has 3 rings (SSSR count). The molecule has 2 aliphatic rings. The van der Waals surface area contributed by atoms with Crippen LogP contribution in [0.5, 0.6) is 0 Å². The van der Waals surface area contributed by atoms with Crippen LogP contribution in [0.1, 0.15) is 68.6 Å². The Morgan fingerprint density at radius 2 is 1.77 bits per heavy atom. The van der Waals surface area contributed by atoms with Crippen LogP contribution < -0.4 is 5.56 Å². The first kappa shape index (κ1) is 19.2. The highest BCUT2D eigenvalue weighted by molar-refractivity contribution is 5.93. The van der Waals surface area contributed by atoms with Gasteiger partial charge in [-0.05, 0) is 51.8 Å². The van der Waals surface area contributed by atoms with Crippen LogP contribution in [0.15, 0.2) is 23.1 Å². The Kier molecular flexibility index (Phi) is 6.17. The first-order valence-electron chi connectivity index (χ1n) is 10.3. The lowest BCUT2D eigenvalue weighted by atomic mass is 9.78. The minimum Gasteiger partial charge on any atom is -0.340 e. The fraction of sp³-hybridized carbons (Fsp3) is 0.714. The number of aryl methyl sites for hydroxylation is 1. The van der Waals surface area contributed by atoms with E-state index in [4.69, 9.17) is 0 Å². The number of pyridine rings is 1. The van der Waals surface area contributed by atoms with Gasteiger partial charge in [-0.3, -0.25) is 14.5 Å². The molecule has 2 fully saturated rings. The van der Waals surface area contributed by atoms with Gasteiger partial charge in [-0.15, -0.1) is 0 Å². The predicted molar refractivity (Wildman–Crippen MR) is 105 cm³/mol. The normalized spacial score (nSPS) is 20.7. The van der Waals surface area contributed by atoms with E-state index in [0.29, 0.717) is 12.1 Å². The zero-order valence-corrected chi connectivity index (χ0v) is 16.4. The summed E-state index contributed by atoms with van der Waals surface area (Å²) < 4.78 is 1.62. The van der Waals surface area contributed by atoms with E-state index in [2.05, 4.69) is 4.90 Å². The standard InChI is InChI=1S/C21H33N3O2/c1-3-23-15-10-18(16-19(23)25)20(26)22(2)17-21(11-6-4-7-12-21)24-13-8-5-9-14-24/h10,15-16H,3-9,11-14,17H2,1-2H3. The van der Waals surface area contributed by atoms with Crippen LogP contribution in [-0.2, 0) is 6.54 Å². The number of aromatic nitrogens is 1. The minimum atomic E-state index is -0.102. The van der Waals surface area contributed by atoms with E-state index in [1.165, 1.54) is 57.4 Å². The van der Waals surface area contributed by atoms with E-state index in [1.54, 1.807) is 16.8 Å². The second kappa shape index (κ2) is 8.38. The third kappa shape index (κ3) is 4.03. The number of likely N-dealkylation sites (tertiary alicyclic amines) is 1. The number of piperidine rings is 1.